The molecule has 7 aromatic heterocycles. The summed E-state index contributed by atoms with van der Waals surface area (Å²) in [5.41, 5.74) is 9.31. The Morgan fingerprint density at radius 2 is 0.914 bits per heavy atom. The van der Waals surface area contributed by atoms with Crippen molar-refractivity contribution in [1.29, 1.82) is 10.5 Å². The Bertz CT molecular complexity index is 6100. The van der Waals surface area contributed by atoms with Crippen LogP contribution in [0.4, 0.5) is 0 Å². The van der Waals surface area contributed by atoms with Crippen LogP contribution in [0.5, 0.6) is 0 Å². The maximum Gasteiger partial charge on any atom is 0.270 e. The molecule has 2 atom stereocenters. The lowest BCUT2D eigenvalue weighted by molar-refractivity contribution is 0.103. The van der Waals surface area contributed by atoms with Gasteiger partial charge in [-0.3, -0.25) is 9.59 Å². The zero-order chi connectivity index (χ0) is 74.0. The number of rotatable bonds is 24. The van der Waals surface area contributed by atoms with Crippen LogP contribution in [0.15, 0.2) is 46.8 Å². The van der Waals surface area contributed by atoms with Crippen molar-refractivity contribution >= 4 is 210 Å². The predicted molar refractivity (Wildman–Crippen MR) is 442 cm³/mol. The second-order valence-corrected chi connectivity index (χ2v) is 32.2. The van der Waals surface area contributed by atoms with Gasteiger partial charge in [0.2, 0.25) is 0 Å². The number of fused-ring (bicyclic) bond motifs is 16. The summed E-state index contributed by atoms with van der Waals surface area (Å²) in [6, 6.07) is 10.4. The number of nitriles is 2. The van der Waals surface area contributed by atoms with Crippen molar-refractivity contribution in [2.24, 2.45) is 11.8 Å². The Balaban J connectivity index is 1.16. The van der Waals surface area contributed by atoms with Gasteiger partial charge in [-0.2, -0.15) is 8.75 Å². The van der Waals surface area contributed by atoms with E-state index in [0.29, 0.717) is 46.1 Å². The summed E-state index contributed by atoms with van der Waals surface area (Å²) in [5, 5.41) is 23.9. The van der Waals surface area contributed by atoms with Gasteiger partial charge in [0.05, 0.1) is 113 Å². The fourth-order valence-electron chi connectivity index (χ4n) is 14.3. The van der Waals surface area contributed by atoms with Gasteiger partial charge in [0, 0.05) is 67.0 Å². The Hall–Kier alpha value is -9.26. The van der Waals surface area contributed by atoms with E-state index in [0.717, 1.165) is 160 Å². The first-order valence-electron chi connectivity index (χ1n) is 35.3. The number of halogens is 4. The van der Waals surface area contributed by atoms with Crippen molar-refractivity contribution in [3.05, 3.63) is 133 Å². The van der Waals surface area contributed by atoms with Crippen molar-refractivity contribution in [3.63, 3.8) is 0 Å². The predicted octanol–water partition coefficient (Wildman–Crippen LogP) is 24.8. The SMILES string of the molecule is [C-]#[N+]/C(C#N)=C1\C(=C\c2sc3c(sc4c5c6nsnc6c6c7sc8c(CCCCCCCCCCC)c(/C=C9\C(=O)c%10cc(Cl)c(Cl)cc%10\C9=C(\C#N)[N+]#[C-])sc8c7n(CC(CC)CCCC)c6c5n(CC(CC)CCCC)c34)c2C#CC#CC#CC#CC#CC#CC#CC)C(=O)c2cc(Cl)c(Cl)cc21. The normalized spacial score (nSPS) is 14.4. The molecule has 105 heavy (non-hydrogen) atoms. The minimum absolute atomic E-state index is 0.138. The Morgan fingerprint density at radius 1 is 0.505 bits per heavy atom. The van der Waals surface area contributed by atoms with E-state index in [1.807, 2.05) is 6.08 Å². The third-order valence-electron chi connectivity index (χ3n) is 19.5. The number of thiophene rings is 4. The lowest BCUT2D eigenvalue weighted by atomic mass is 9.99. The van der Waals surface area contributed by atoms with Gasteiger partial charge < -0.3 is 9.13 Å². The number of aryl methyl sites for hydroxylation is 1. The molecule has 0 aliphatic heterocycles. The van der Waals surface area contributed by atoms with Gasteiger partial charge in [-0.25, -0.2) is 20.2 Å². The molecule has 0 bridgehead atoms. The average molecular weight is 1550 g/mol. The minimum atomic E-state index is -0.414. The van der Waals surface area contributed by atoms with Gasteiger partial charge in [0.1, 0.15) is 11.0 Å². The molecule has 12 rings (SSSR count). The summed E-state index contributed by atoms with van der Waals surface area (Å²) < 4.78 is 22.0. The molecule has 0 fully saturated rings. The zero-order valence-corrected chi connectivity index (χ0v) is 65.8. The number of Topliss-reactive ketones (excluding diaryl/α,β-unsaturated/α-hetero) is 2. The van der Waals surface area contributed by atoms with E-state index < -0.39 is 5.78 Å². The second kappa shape index (κ2) is 34.3. The number of carbonyl (C=O) groups excluding carboxylic acids is 2. The highest BCUT2D eigenvalue weighted by Crippen LogP contribution is 2.56. The molecular weight excluding hydrogens is 1480 g/mol. The molecule has 7 heterocycles. The Kier molecular flexibility index (Phi) is 24.7. The molecule has 0 amide bonds. The quantitative estimate of drug-likeness (QED) is 0.0195. The van der Waals surface area contributed by atoms with Crippen LogP contribution in [0.25, 0.3) is 105 Å². The monoisotopic (exact) mass is 1540 g/mol. The zero-order valence-electron chi connectivity index (χ0n) is 58.7. The molecule has 10 aromatic rings. The fourth-order valence-corrected chi connectivity index (χ4v) is 21.3. The summed E-state index contributed by atoms with van der Waals surface area (Å²) in [5.74, 6) is 38.6. The summed E-state index contributed by atoms with van der Waals surface area (Å²) >= 11 is 34.3. The topological polar surface area (TPSA) is 126 Å². The number of allylic oxidation sites excluding steroid dienone is 6. The molecule has 0 N–H and O–H groups in total. The maximum atomic E-state index is 14.9. The molecule has 0 saturated heterocycles. The smallest absolute Gasteiger partial charge is 0.270 e. The van der Waals surface area contributed by atoms with Crippen molar-refractivity contribution in [1.82, 2.24) is 17.9 Å². The van der Waals surface area contributed by atoms with E-state index in [1.165, 1.54) is 67.7 Å². The van der Waals surface area contributed by atoms with Crippen LogP contribution >= 0.6 is 103 Å². The van der Waals surface area contributed by atoms with Crippen LogP contribution in [-0.4, -0.2) is 29.4 Å². The number of nitrogens with zero attached hydrogens (tertiary/aromatic N) is 8. The van der Waals surface area contributed by atoms with E-state index >= 15 is 0 Å². The average Bonchev–Trinajstić information content (AvgIpc) is 1.50. The van der Waals surface area contributed by atoms with Crippen LogP contribution in [0, 0.1) is 131 Å². The third kappa shape index (κ3) is 14.8. The van der Waals surface area contributed by atoms with Crippen molar-refractivity contribution in [3.8, 4) is 95.0 Å². The number of hydrogen-bond acceptors (Lipinski definition) is 11. The fraction of sp³-hybridized carbons (Fsp3) is 0.326. The highest BCUT2D eigenvalue weighted by atomic mass is 35.5. The van der Waals surface area contributed by atoms with E-state index in [-0.39, 0.29) is 71.0 Å². The number of aromatic nitrogens is 4. The molecular formula is C86H66Cl4N8O2S5. The molecule has 0 saturated carbocycles. The van der Waals surface area contributed by atoms with Crippen LogP contribution < -0.4 is 0 Å². The van der Waals surface area contributed by atoms with Gasteiger partial charge in [0.15, 0.2) is 11.6 Å². The first-order valence-corrected chi connectivity index (χ1v) is 40.8. The molecule has 19 heteroatoms. The van der Waals surface area contributed by atoms with Crippen molar-refractivity contribution < 1.29 is 9.59 Å². The van der Waals surface area contributed by atoms with Crippen LogP contribution in [0.1, 0.15) is 203 Å². The van der Waals surface area contributed by atoms with Gasteiger partial charge in [-0.05, 0) is 175 Å². The van der Waals surface area contributed by atoms with Crippen LogP contribution in [-0.2, 0) is 19.5 Å². The first kappa shape index (κ1) is 75.4. The number of carbonyl (C=O) groups is 2. The molecule has 0 radical (unpaired) electrons. The molecule has 2 unspecified atom stereocenters. The first-order chi connectivity index (χ1) is 51.2. The highest BCUT2D eigenvalue weighted by molar-refractivity contribution is 7.35. The molecule has 2 aliphatic carbocycles. The van der Waals surface area contributed by atoms with E-state index in [2.05, 4.69) is 148 Å². The Morgan fingerprint density at radius 3 is 1.36 bits per heavy atom. The van der Waals surface area contributed by atoms with E-state index in [9.17, 15) is 20.1 Å². The van der Waals surface area contributed by atoms with Gasteiger partial charge in [0.25, 0.3) is 11.4 Å². The molecule has 3 aromatic carbocycles. The maximum absolute atomic E-state index is 14.9. The van der Waals surface area contributed by atoms with Crippen LogP contribution in [0.3, 0.4) is 0 Å². The number of unbranched alkanes of at least 4 members (excludes halogenated alkanes) is 10. The summed E-state index contributed by atoms with van der Waals surface area (Å²) in [6.07, 6.45) is 23.0. The summed E-state index contributed by atoms with van der Waals surface area (Å²) in [6.45, 7) is 30.8. The van der Waals surface area contributed by atoms with E-state index in [1.54, 1.807) is 65.2 Å². The molecule has 520 valence electrons. The number of ketones is 2. The number of hydrogen-bond donors (Lipinski definition) is 0. The number of benzene rings is 3. The van der Waals surface area contributed by atoms with Crippen LogP contribution in [0.2, 0.25) is 20.1 Å². The highest BCUT2D eigenvalue weighted by Gasteiger charge is 2.38. The minimum Gasteiger partial charge on any atom is -0.337 e. The third-order valence-corrected chi connectivity index (χ3v) is 26.5. The van der Waals surface area contributed by atoms with E-state index in [4.69, 9.17) is 68.3 Å². The van der Waals surface area contributed by atoms with Crippen molar-refractivity contribution in [2.45, 2.75) is 170 Å². The molecule has 10 nitrogen and oxygen atoms in total. The second-order valence-electron chi connectivity index (χ2n) is 25.9. The van der Waals surface area contributed by atoms with Gasteiger partial charge >= 0.3 is 0 Å². The standard InChI is InChI=1S/C86H66Cl4N8O2S5/c1-9-15-19-21-23-25-26-27-28-30-32-34-36-40-54-68(46-60-70(66(48-92)94-8)56-42-62(88)64(90)44-58(56)80(60)100)102-86-78-84(104-82(54)86)72-74-73(95-105-96-74)71-75(76(72)98(78)50-52(14-6)38-18-12-4)97(49-51(13-5)37-17-11-3)77-83(71)103-81-53(39-35-33-31-29-24-22-20-16-10-2)67(101-85(77)81)45-59-69(65(47-91)93-7)55-41-61(87)63(89)43-57(55)79(59)99/h41-46,51-52H,10-14,16-18,20,22,24,29,31,33,35,37-39,49-50H2,1-6H3/b59-45-,60-46-,69-65+,70-66-. The Labute approximate surface area is 652 Å². The van der Waals surface area contributed by atoms with Gasteiger partial charge in [-0.1, -0.05) is 177 Å². The van der Waals surface area contributed by atoms with Crippen molar-refractivity contribution in [2.75, 3.05) is 0 Å². The summed E-state index contributed by atoms with van der Waals surface area (Å²) in [4.78, 5) is 38.7. The molecule has 0 spiro atoms. The molecule has 2 aliphatic rings. The lowest BCUT2D eigenvalue weighted by Gasteiger charge is -2.20. The van der Waals surface area contributed by atoms with Gasteiger partial charge in [-0.15, -0.1) is 45.3 Å². The summed E-state index contributed by atoms with van der Waals surface area (Å²) in [7, 11) is 0. The lowest BCUT2D eigenvalue weighted by Crippen LogP contribution is -2.13. The largest absolute Gasteiger partial charge is 0.337 e.